The lowest BCUT2D eigenvalue weighted by atomic mass is 10.1. The van der Waals surface area contributed by atoms with E-state index in [1.165, 1.54) is 34.9 Å². The molecule has 17 heavy (non-hydrogen) atoms. The van der Waals surface area contributed by atoms with Crippen LogP contribution in [0.2, 0.25) is 0 Å². The number of furan rings is 1. The number of hydrogen-bond donors (Lipinski definition) is 1. The molecule has 3 rings (SSSR count). The summed E-state index contributed by atoms with van der Waals surface area (Å²) in [6.45, 7) is 7.29. The average molecular weight is 229 g/mol. The second kappa shape index (κ2) is 3.88. The van der Waals surface area contributed by atoms with Crippen LogP contribution in [0.5, 0.6) is 0 Å². The van der Waals surface area contributed by atoms with Crippen LogP contribution in [-0.2, 0) is 6.54 Å². The summed E-state index contributed by atoms with van der Waals surface area (Å²) in [6.07, 6.45) is 2.63. The van der Waals surface area contributed by atoms with Gasteiger partial charge in [-0.05, 0) is 50.3 Å². The number of fused-ring (bicyclic) bond motifs is 1. The molecule has 1 aromatic carbocycles. The van der Waals surface area contributed by atoms with Crippen molar-refractivity contribution in [2.75, 3.05) is 0 Å². The third kappa shape index (κ3) is 1.87. The van der Waals surface area contributed by atoms with Gasteiger partial charge in [0.2, 0.25) is 0 Å². The van der Waals surface area contributed by atoms with Crippen molar-refractivity contribution in [1.29, 1.82) is 0 Å². The van der Waals surface area contributed by atoms with Gasteiger partial charge in [0.1, 0.15) is 11.3 Å². The molecular weight excluding hydrogens is 210 g/mol. The molecule has 0 amide bonds. The molecule has 0 bridgehead atoms. The van der Waals surface area contributed by atoms with E-state index in [0.29, 0.717) is 0 Å². The molecular formula is C15H19NO. The van der Waals surface area contributed by atoms with E-state index in [0.717, 1.165) is 23.9 Å². The predicted octanol–water partition coefficient (Wildman–Crippen LogP) is 3.61. The zero-order valence-corrected chi connectivity index (χ0v) is 10.8. The third-order valence-corrected chi connectivity index (χ3v) is 3.85. The fraction of sp³-hybridized carbons (Fsp3) is 0.467. The highest BCUT2D eigenvalue weighted by Crippen LogP contribution is 2.30. The van der Waals surface area contributed by atoms with Crippen LogP contribution in [0, 0.1) is 20.8 Å². The van der Waals surface area contributed by atoms with E-state index in [-0.39, 0.29) is 0 Å². The predicted molar refractivity (Wildman–Crippen MR) is 70.3 cm³/mol. The number of nitrogens with one attached hydrogen (secondary N) is 1. The first-order valence-corrected chi connectivity index (χ1v) is 6.38. The molecule has 1 aromatic heterocycles. The third-order valence-electron chi connectivity index (χ3n) is 3.85. The molecule has 0 atom stereocenters. The fourth-order valence-corrected chi connectivity index (χ4v) is 2.26. The second-order valence-electron chi connectivity index (χ2n) is 5.19. The smallest absolute Gasteiger partial charge is 0.137 e. The number of benzene rings is 1. The Morgan fingerprint density at radius 2 is 1.94 bits per heavy atom. The maximum Gasteiger partial charge on any atom is 0.137 e. The van der Waals surface area contributed by atoms with Gasteiger partial charge in [0.25, 0.3) is 0 Å². The lowest BCUT2D eigenvalue weighted by Gasteiger charge is -1.99. The summed E-state index contributed by atoms with van der Waals surface area (Å²) in [5, 5.41) is 4.78. The van der Waals surface area contributed by atoms with Gasteiger partial charge in [-0.1, -0.05) is 12.1 Å². The Balaban J connectivity index is 2.01. The summed E-state index contributed by atoms with van der Waals surface area (Å²) >= 11 is 0. The highest BCUT2D eigenvalue weighted by molar-refractivity contribution is 5.85. The molecule has 0 aliphatic heterocycles. The molecule has 1 aliphatic carbocycles. The maximum absolute atomic E-state index is 6.03. The molecule has 2 nitrogen and oxygen atoms in total. The minimum Gasteiger partial charge on any atom is -0.459 e. The summed E-state index contributed by atoms with van der Waals surface area (Å²) in [6, 6.07) is 5.08. The maximum atomic E-state index is 6.03. The van der Waals surface area contributed by atoms with Crippen LogP contribution >= 0.6 is 0 Å². The summed E-state index contributed by atoms with van der Waals surface area (Å²) in [7, 11) is 0. The van der Waals surface area contributed by atoms with Crippen molar-refractivity contribution in [2.45, 2.75) is 46.2 Å². The minimum absolute atomic E-state index is 0.727. The van der Waals surface area contributed by atoms with Crippen LogP contribution in [0.4, 0.5) is 0 Å². The lowest BCUT2D eigenvalue weighted by Crippen LogP contribution is -2.15. The fourth-order valence-electron chi connectivity index (χ4n) is 2.26. The van der Waals surface area contributed by atoms with E-state index >= 15 is 0 Å². The molecule has 1 fully saturated rings. The molecule has 2 heteroatoms. The largest absolute Gasteiger partial charge is 0.459 e. The summed E-state index contributed by atoms with van der Waals surface area (Å²) in [4.78, 5) is 0. The molecule has 2 aromatic rings. The first kappa shape index (κ1) is 10.8. The zero-order chi connectivity index (χ0) is 12.0. The highest BCUT2D eigenvalue weighted by atomic mass is 16.3. The molecule has 0 saturated heterocycles. The molecule has 1 N–H and O–H groups in total. The lowest BCUT2D eigenvalue weighted by molar-refractivity contribution is 0.507. The molecule has 90 valence electrons. The number of hydrogen-bond acceptors (Lipinski definition) is 2. The monoisotopic (exact) mass is 229 g/mol. The van der Waals surface area contributed by atoms with E-state index in [1.807, 2.05) is 0 Å². The Morgan fingerprint density at radius 1 is 1.18 bits per heavy atom. The number of aryl methyl sites for hydroxylation is 3. The quantitative estimate of drug-likeness (QED) is 0.869. The van der Waals surface area contributed by atoms with Gasteiger partial charge in [0.15, 0.2) is 0 Å². The van der Waals surface area contributed by atoms with Gasteiger partial charge < -0.3 is 9.73 Å². The van der Waals surface area contributed by atoms with Gasteiger partial charge in [-0.15, -0.1) is 0 Å². The molecule has 0 radical (unpaired) electrons. The van der Waals surface area contributed by atoms with E-state index < -0.39 is 0 Å². The van der Waals surface area contributed by atoms with Crippen LogP contribution in [0.3, 0.4) is 0 Å². The van der Waals surface area contributed by atoms with E-state index in [4.69, 9.17) is 4.42 Å². The van der Waals surface area contributed by atoms with Crippen LogP contribution < -0.4 is 5.32 Å². The van der Waals surface area contributed by atoms with Gasteiger partial charge >= 0.3 is 0 Å². The zero-order valence-electron chi connectivity index (χ0n) is 10.8. The second-order valence-corrected chi connectivity index (χ2v) is 5.19. The first-order valence-electron chi connectivity index (χ1n) is 6.38. The molecule has 1 heterocycles. The van der Waals surface area contributed by atoms with Crippen LogP contribution in [0.25, 0.3) is 11.0 Å². The average Bonchev–Trinajstić information content (AvgIpc) is 3.08. The number of rotatable bonds is 3. The van der Waals surface area contributed by atoms with Crippen molar-refractivity contribution < 1.29 is 4.42 Å². The van der Waals surface area contributed by atoms with Crippen LogP contribution in [-0.4, -0.2) is 6.04 Å². The molecule has 1 aliphatic rings. The molecule has 1 saturated carbocycles. The van der Waals surface area contributed by atoms with E-state index in [2.05, 4.69) is 38.2 Å². The topological polar surface area (TPSA) is 25.2 Å². The van der Waals surface area contributed by atoms with Crippen molar-refractivity contribution in [2.24, 2.45) is 0 Å². The SMILES string of the molecule is Cc1ccc2c(C)c(CNC3CC3)oc2c1C. The first-order chi connectivity index (χ1) is 8.16. The van der Waals surface area contributed by atoms with Crippen molar-refractivity contribution in [3.63, 3.8) is 0 Å². The Hall–Kier alpha value is -1.28. The van der Waals surface area contributed by atoms with Crippen molar-refractivity contribution in [3.05, 3.63) is 34.6 Å². The summed E-state index contributed by atoms with van der Waals surface area (Å²) in [5.41, 5.74) is 4.92. The van der Waals surface area contributed by atoms with Crippen molar-refractivity contribution in [3.8, 4) is 0 Å². The Labute approximate surface area is 102 Å². The van der Waals surface area contributed by atoms with Crippen LogP contribution in [0.1, 0.15) is 35.3 Å². The Kier molecular flexibility index (Phi) is 2.48. The van der Waals surface area contributed by atoms with Gasteiger partial charge in [0.05, 0.1) is 6.54 Å². The van der Waals surface area contributed by atoms with Crippen LogP contribution in [0.15, 0.2) is 16.5 Å². The molecule has 0 spiro atoms. The van der Waals surface area contributed by atoms with Gasteiger partial charge in [0, 0.05) is 11.4 Å². The summed E-state index contributed by atoms with van der Waals surface area (Å²) < 4.78 is 6.03. The van der Waals surface area contributed by atoms with Gasteiger partial charge in [-0.25, -0.2) is 0 Å². The van der Waals surface area contributed by atoms with Gasteiger partial charge in [-0.3, -0.25) is 0 Å². The standard InChI is InChI=1S/C15H19NO/c1-9-4-7-13-11(3)14(8-16-12-5-6-12)17-15(13)10(9)2/h4,7,12,16H,5-6,8H2,1-3H3. The minimum atomic E-state index is 0.727. The van der Waals surface area contributed by atoms with E-state index in [9.17, 15) is 0 Å². The van der Waals surface area contributed by atoms with Crippen molar-refractivity contribution >= 4 is 11.0 Å². The molecule has 0 unspecified atom stereocenters. The van der Waals surface area contributed by atoms with Gasteiger partial charge in [-0.2, -0.15) is 0 Å². The van der Waals surface area contributed by atoms with E-state index in [1.54, 1.807) is 0 Å². The summed E-state index contributed by atoms with van der Waals surface area (Å²) in [5.74, 6) is 1.10. The Bertz CT molecular complexity index is 564. The normalized spacial score (nSPS) is 15.7. The van der Waals surface area contributed by atoms with Crippen molar-refractivity contribution in [1.82, 2.24) is 5.32 Å². The Morgan fingerprint density at radius 3 is 2.65 bits per heavy atom. The highest BCUT2D eigenvalue weighted by Gasteiger charge is 2.21.